The molecule has 0 fully saturated rings. The van der Waals surface area contributed by atoms with E-state index < -0.39 is 0 Å². The number of aromatic nitrogens is 3. The van der Waals surface area contributed by atoms with E-state index >= 15 is 0 Å². The number of methoxy groups -OCH3 is 1. The topological polar surface area (TPSA) is 69.0 Å². The van der Waals surface area contributed by atoms with Crippen molar-refractivity contribution >= 4 is 52.3 Å². The minimum atomic E-state index is -0.264. The molecule has 0 aliphatic heterocycles. The first-order valence-electron chi connectivity index (χ1n) is 10.1. The minimum Gasteiger partial charge on any atom is -0.497 e. The molecule has 1 heterocycles. The molecule has 0 unspecified atom stereocenters. The third-order valence-corrected chi connectivity index (χ3v) is 6.03. The molecule has 6 nitrogen and oxygen atoms in total. The first-order valence-corrected chi connectivity index (χ1v) is 11.6. The Kier molecular flexibility index (Phi) is 7.63. The molecule has 0 radical (unpaired) electrons. The van der Waals surface area contributed by atoms with Gasteiger partial charge in [0.1, 0.15) is 23.7 Å². The van der Waals surface area contributed by atoms with Crippen LogP contribution in [0.3, 0.4) is 0 Å². The van der Waals surface area contributed by atoms with Gasteiger partial charge in [-0.15, -0.1) is 0 Å². The number of rotatable bonds is 7. The fourth-order valence-electron chi connectivity index (χ4n) is 3.31. The van der Waals surface area contributed by atoms with E-state index in [-0.39, 0.29) is 12.5 Å². The Morgan fingerprint density at radius 3 is 2.00 bits per heavy atom. The Balaban J connectivity index is 1.62. The number of benzene rings is 3. The summed E-state index contributed by atoms with van der Waals surface area (Å²) in [5.74, 6) is 0.454. The number of nitrogens with one attached hydrogen (secondary N) is 1. The molecule has 10 heteroatoms. The van der Waals surface area contributed by atoms with Gasteiger partial charge in [0.05, 0.1) is 17.2 Å². The molecule has 4 aromatic rings. The van der Waals surface area contributed by atoms with Gasteiger partial charge in [0.25, 0.3) is 0 Å². The quantitative estimate of drug-likeness (QED) is 0.291. The van der Waals surface area contributed by atoms with Gasteiger partial charge in [-0.3, -0.25) is 4.79 Å². The van der Waals surface area contributed by atoms with Crippen molar-refractivity contribution in [1.29, 1.82) is 0 Å². The predicted octanol–water partition coefficient (Wildman–Crippen LogP) is 6.55. The number of hydrogen-bond donors (Lipinski definition) is 1. The Labute approximate surface area is 216 Å². The number of nitrogens with zero attached hydrogens (tertiary/aromatic N) is 3. The van der Waals surface area contributed by atoms with Gasteiger partial charge in [0.15, 0.2) is 0 Å². The van der Waals surface area contributed by atoms with Gasteiger partial charge in [-0.25, -0.2) is 0 Å². The van der Waals surface area contributed by atoms with E-state index in [1.54, 1.807) is 43.5 Å². The fraction of sp³-hybridized carbons (Fsp3) is 0.125. The van der Waals surface area contributed by atoms with Crippen molar-refractivity contribution in [3.8, 4) is 28.3 Å². The van der Waals surface area contributed by atoms with Crippen molar-refractivity contribution in [1.82, 2.24) is 20.3 Å². The minimum absolute atomic E-state index is 0.104. The van der Waals surface area contributed by atoms with Crippen LogP contribution in [0.5, 0.6) is 5.75 Å². The number of carbonyl (C=O) groups is 1. The highest BCUT2D eigenvalue weighted by Gasteiger charge is 2.21. The normalized spacial score (nSPS) is 10.9. The van der Waals surface area contributed by atoms with E-state index in [0.29, 0.717) is 49.2 Å². The second-order valence-corrected chi connectivity index (χ2v) is 8.99. The van der Waals surface area contributed by atoms with Crippen molar-refractivity contribution in [3.05, 3.63) is 86.3 Å². The average molecular weight is 536 g/mol. The van der Waals surface area contributed by atoms with Crippen molar-refractivity contribution in [3.63, 3.8) is 0 Å². The smallest absolute Gasteiger partial charge is 0.243 e. The first-order chi connectivity index (χ1) is 16.3. The van der Waals surface area contributed by atoms with Gasteiger partial charge >= 0.3 is 0 Å². The summed E-state index contributed by atoms with van der Waals surface area (Å²) >= 11 is 25.0. The molecule has 0 saturated carbocycles. The van der Waals surface area contributed by atoms with Crippen molar-refractivity contribution in [2.24, 2.45) is 0 Å². The summed E-state index contributed by atoms with van der Waals surface area (Å²) in [5, 5.41) is 13.7. The maximum absolute atomic E-state index is 12.6. The number of ether oxygens (including phenoxy) is 1. The monoisotopic (exact) mass is 534 g/mol. The summed E-state index contributed by atoms with van der Waals surface area (Å²) in [6.07, 6.45) is 0. The molecule has 174 valence electrons. The largest absolute Gasteiger partial charge is 0.497 e. The van der Waals surface area contributed by atoms with Gasteiger partial charge in [-0.1, -0.05) is 58.5 Å². The number of halogens is 4. The zero-order valence-corrected chi connectivity index (χ0v) is 20.9. The molecular formula is C24H18Cl4N4O2. The number of hydrogen-bond acceptors (Lipinski definition) is 4. The second kappa shape index (κ2) is 10.7. The summed E-state index contributed by atoms with van der Waals surface area (Å²) in [4.78, 5) is 13.9. The Hall–Kier alpha value is -2.77. The lowest BCUT2D eigenvalue weighted by Gasteiger charge is -2.06. The van der Waals surface area contributed by atoms with E-state index in [1.807, 2.05) is 24.3 Å². The van der Waals surface area contributed by atoms with Crippen LogP contribution >= 0.6 is 46.4 Å². The molecule has 34 heavy (non-hydrogen) atoms. The van der Waals surface area contributed by atoms with Crippen molar-refractivity contribution < 1.29 is 9.53 Å². The van der Waals surface area contributed by atoms with Crippen molar-refractivity contribution in [2.75, 3.05) is 7.11 Å². The van der Waals surface area contributed by atoms with Gasteiger partial charge in [0, 0.05) is 27.7 Å². The summed E-state index contributed by atoms with van der Waals surface area (Å²) in [5.41, 5.74) is 3.05. The second-order valence-electron chi connectivity index (χ2n) is 7.30. The maximum atomic E-state index is 12.6. The van der Waals surface area contributed by atoms with Crippen LogP contribution < -0.4 is 10.1 Å². The van der Waals surface area contributed by atoms with Crippen molar-refractivity contribution in [2.45, 2.75) is 13.1 Å². The zero-order valence-electron chi connectivity index (χ0n) is 17.9. The molecule has 0 aliphatic carbocycles. The molecule has 3 aromatic carbocycles. The first kappa shape index (κ1) is 24.4. The fourth-order valence-corrected chi connectivity index (χ4v) is 4.31. The lowest BCUT2D eigenvalue weighted by Crippen LogP contribution is -2.28. The molecule has 0 saturated heterocycles. The van der Waals surface area contributed by atoms with Gasteiger partial charge in [-0.05, 0) is 54.1 Å². The summed E-state index contributed by atoms with van der Waals surface area (Å²) in [6.45, 7) is 0.233. The Morgan fingerprint density at radius 1 is 0.882 bits per heavy atom. The van der Waals surface area contributed by atoms with Crippen LogP contribution in [0, 0.1) is 0 Å². The Bertz CT molecular complexity index is 1290. The third-order valence-electron chi connectivity index (χ3n) is 4.94. The molecule has 0 spiro atoms. The van der Waals surface area contributed by atoms with Crippen LogP contribution in [0.1, 0.15) is 5.56 Å². The molecule has 1 amide bonds. The summed E-state index contributed by atoms with van der Waals surface area (Å²) in [7, 11) is 1.59. The molecular weight excluding hydrogens is 518 g/mol. The van der Waals surface area contributed by atoms with Crippen LogP contribution in [0.25, 0.3) is 22.5 Å². The van der Waals surface area contributed by atoms with Gasteiger partial charge < -0.3 is 10.1 Å². The maximum Gasteiger partial charge on any atom is 0.243 e. The Morgan fingerprint density at radius 2 is 1.47 bits per heavy atom. The standard InChI is InChI=1S/C24H18Cl4N4O2/c1-34-17-4-2-3-14(9-17)12-29-22(33)13-32-30-23(18-7-5-15(25)10-20(18)27)24(31-32)19-8-6-16(26)11-21(19)28/h2-11H,12-13H2,1H3,(H,29,33). The lowest BCUT2D eigenvalue weighted by molar-refractivity contribution is -0.122. The van der Waals surface area contributed by atoms with Crippen LogP contribution in [0.15, 0.2) is 60.7 Å². The molecule has 1 aromatic heterocycles. The van der Waals surface area contributed by atoms with E-state index in [0.717, 1.165) is 11.3 Å². The van der Waals surface area contributed by atoms with Crippen LogP contribution in [0.2, 0.25) is 20.1 Å². The summed E-state index contributed by atoms with van der Waals surface area (Å²) in [6, 6.07) is 17.6. The van der Waals surface area contributed by atoms with Gasteiger partial charge in [0.2, 0.25) is 5.91 Å². The molecule has 0 bridgehead atoms. The highest BCUT2D eigenvalue weighted by molar-refractivity contribution is 6.37. The SMILES string of the molecule is COc1cccc(CNC(=O)Cn2nc(-c3ccc(Cl)cc3Cl)c(-c3ccc(Cl)cc3Cl)n2)c1. The summed E-state index contributed by atoms with van der Waals surface area (Å²) < 4.78 is 5.22. The highest BCUT2D eigenvalue weighted by atomic mass is 35.5. The van der Waals surface area contributed by atoms with Gasteiger partial charge in [-0.2, -0.15) is 15.0 Å². The highest BCUT2D eigenvalue weighted by Crippen LogP contribution is 2.38. The number of carbonyl (C=O) groups excluding carboxylic acids is 1. The predicted molar refractivity (Wildman–Crippen MR) is 136 cm³/mol. The van der Waals surface area contributed by atoms with E-state index in [4.69, 9.17) is 51.1 Å². The third kappa shape index (κ3) is 5.65. The van der Waals surface area contributed by atoms with Crippen LogP contribution in [-0.2, 0) is 17.9 Å². The molecule has 0 atom stereocenters. The van der Waals surface area contributed by atoms with Crippen LogP contribution in [0.4, 0.5) is 0 Å². The average Bonchev–Trinajstić information content (AvgIpc) is 3.20. The van der Waals surface area contributed by atoms with Crippen LogP contribution in [-0.4, -0.2) is 28.0 Å². The van der Waals surface area contributed by atoms with E-state index in [2.05, 4.69) is 15.5 Å². The molecule has 0 aliphatic rings. The zero-order chi connectivity index (χ0) is 24.2. The van der Waals surface area contributed by atoms with E-state index in [9.17, 15) is 4.79 Å². The molecule has 4 rings (SSSR count). The van der Waals surface area contributed by atoms with E-state index in [1.165, 1.54) is 4.80 Å². The lowest BCUT2D eigenvalue weighted by atomic mass is 10.0. The number of amides is 1. The molecule has 1 N–H and O–H groups in total.